The first-order chi connectivity index (χ1) is 7.36. The van der Waals surface area contributed by atoms with E-state index in [2.05, 4.69) is 9.97 Å². The predicted octanol–water partition coefficient (Wildman–Crippen LogP) is 1.52. The van der Waals surface area contributed by atoms with Crippen molar-refractivity contribution >= 4 is 17.3 Å². The van der Waals surface area contributed by atoms with E-state index in [0.717, 1.165) is 17.2 Å². The standard InChI is InChI=1S/C11H10N2O2/c1-15-10(7-14)8-4-6-13-11-9(8)3-2-5-12-11/h2-7,10H,1H3. The fraction of sp³-hybridized carbons (Fsp3) is 0.182. The summed E-state index contributed by atoms with van der Waals surface area (Å²) in [5.41, 5.74) is 1.42. The maximum absolute atomic E-state index is 10.8. The molecule has 76 valence electrons. The van der Waals surface area contributed by atoms with Crippen LogP contribution in [0.15, 0.2) is 30.6 Å². The number of ether oxygens (including phenoxy) is 1. The van der Waals surface area contributed by atoms with Crippen LogP contribution in [0.5, 0.6) is 0 Å². The van der Waals surface area contributed by atoms with Crippen molar-refractivity contribution < 1.29 is 9.53 Å². The topological polar surface area (TPSA) is 52.1 Å². The first kappa shape index (κ1) is 9.73. The molecular formula is C11H10N2O2. The summed E-state index contributed by atoms with van der Waals surface area (Å²) in [5.74, 6) is 0. The third-order valence-electron chi connectivity index (χ3n) is 2.23. The molecule has 0 saturated carbocycles. The molecule has 0 aliphatic carbocycles. The van der Waals surface area contributed by atoms with Crippen LogP contribution in [0.25, 0.3) is 11.0 Å². The van der Waals surface area contributed by atoms with Crippen LogP contribution in [-0.4, -0.2) is 23.4 Å². The number of methoxy groups -OCH3 is 1. The van der Waals surface area contributed by atoms with Crippen LogP contribution in [0.3, 0.4) is 0 Å². The van der Waals surface area contributed by atoms with Crippen molar-refractivity contribution in [3.63, 3.8) is 0 Å². The van der Waals surface area contributed by atoms with Gasteiger partial charge in [-0.3, -0.25) is 0 Å². The highest BCUT2D eigenvalue weighted by Gasteiger charge is 2.12. The quantitative estimate of drug-likeness (QED) is 0.708. The molecule has 4 nitrogen and oxygen atoms in total. The van der Waals surface area contributed by atoms with Gasteiger partial charge in [0.25, 0.3) is 0 Å². The largest absolute Gasteiger partial charge is 0.369 e. The lowest BCUT2D eigenvalue weighted by Gasteiger charge is -2.10. The van der Waals surface area contributed by atoms with E-state index in [1.165, 1.54) is 7.11 Å². The summed E-state index contributed by atoms with van der Waals surface area (Å²) >= 11 is 0. The zero-order valence-corrected chi connectivity index (χ0v) is 8.25. The molecule has 1 atom stereocenters. The molecule has 0 aliphatic rings. The summed E-state index contributed by atoms with van der Waals surface area (Å²) in [7, 11) is 1.50. The van der Waals surface area contributed by atoms with Crippen molar-refractivity contribution in [3.05, 3.63) is 36.2 Å². The number of nitrogens with zero attached hydrogens (tertiary/aromatic N) is 2. The van der Waals surface area contributed by atoms with Crippen LogP contribution < -0.4 is 0 Å². The first-order valence-corrected chi connectivity index (χ1v) is 4.54. The number of hydrogen-bond acceptors (Lipinski definition) is 4. The van der Waals surface area contributed by atoms with Crippen LogP contribution in [0.4, 0.5) is 0 Å². The number of aldehydes is 1. The summed E-state index contributed by atoms with van der Waals surface area (Å²) in [4.78, 5) is 19.0. The van der Waals surface area contributed by atoms with E-state index in [1.54, 1.807) is 18.5 Å². The Bertz CT molecular complexity index is 479. The van der Waals surface area contributed by atoms with E-state index in [4.69, 9.17) is 4.74 Å². The molecule has 0 fully saturated rings. The summed E-state index contributed by atoms with van der Waals surface area (Å²) in [6.07, 6.45) is 3.50. The minimum atomic E-state index is -0.556. The van der Waals surface area contributed by atoms with Gasteiger partial charge in [0.05, 0.1) is 0 Å². The fourth-order valence-corrected chi connectivity index (χ4v) is 1.51. The lowest BCUT2D eigenvalue weighted by Crippen LogP contribution is -2.04. The Morgan fingerprint density at radius 1 is 1.33 bits per heavy atom. The number of rotatable bonds is 3. The fourth-order valence-electron chi connectivity index (χ4n) is 1.51. The molecule has 15 heavy (non-hydrogen) atoms. The molecule has 2 aromatic rings. The van der Waals surface area contributed by atoms with Crippen molar-refractivity contribution in [2.45, 2.75) is 6.10 Å². The Morgan fingerprint density at radius 3 is 2.87 bits per heavy atom. The number of pyridine rings is 2. The van der Waals surface area contributed by atoms with Gasteiger partial charge in [-0.25, -0.2) is 9.97 Å². The number of fused-ring (bicyclic) bond motifs is 1. The summed E-state index contributed by atoms with van der Waals surface area (Å²) in [6.45, 7) is 0. The first-order valence-electron chi connectivity index (χ1n) is 4.54. The van der Waals surface area contributed by atoms with E-state index in [-0.39, 0.29) is 0 Å². The summed E-state index contributed by atoms with van der Waals surface area (Å²) < 4.78 is 5.07. The lowest BCUT2D eigenvalue weighted by atomic mass is 10.1. The van der Waals surface area contributed by atoms with E-state index in [1.807, 2.05) is 12.1 Å². The van der Waals surface area contributed by atoms with Crippen molar-refractivity contribution in [1.82, 2.24) is 9.97 Å². The molecule has 2 rings (SSSR count). The normalized spacial score (nSPS) is 12.6. The molecule has 0 aromatic carbocycles. The van der Waals surface area contributed by atoms with Crippen molar-refractivity contribution in [1.29, 1.82) is 0 Å². The molecule has 0 radical (unpaired) electrons. The SMILES string of the molecule is COC(C=O)c1ccnc2ncccc12. The Balaban J connectivity index is 2.64. The highest BCUT2D eigenvalue weighted by atomic mass is 16.5. The van der Waals surface area contributed by atoms with Crippen LogP contribution in [0.1, 0.15) is 11.7 Å². The Hall–Kier alpha value is -1.81. The van der Waals surface area contributed by atoms with E-state index >= 15 is 0 Å². The molecule has 0 amide bonds. The van der Waals surface area contributed by atoms with E-state index in [0.29, 0.717) is 5.65 Å². The number of carbonyl (C=O) groups is 1. The van der Waals surface area contributed by atoms with Gasteiger partial charge in [0, 0.05) is 30.5 Å². The predicted molar refractivity (Wildman–Crippen MR) is 55.4 cm³/mol. The molecule has 2 heterocycles. The van der Waals surface area contributed by atoms with Crippen LogP contribution in [0.2, 0.25) is 0 Å². The molecule has 1 unspecified atom stereocenters. The number of carbonyl (C=O) groups excluding carboxylic acids is 1. The van der Waals surface area contributed by atoms with Crippen LogP contribution in [-0.2, 0) is 9.53 Å². The lowest BCUT2D eigenvalue weighted by molar-refractivity contribution is -0.116. The summed E-state index contributed by atoms with van der Waals surface area (Å²) in [5, 5.41) is 0.846. The maximum Gasteiger partial charge on any atom is 0.159 e. The van der Waals surface area contributed by atoms with Crippen molar-refractivity contribution in [3.8, 4) is 0 Å². The smallest absolute Gasteiger partial charge is 0.159 e. The zero-order chi connectivity index (χ0) is 10.7. The average molecular weight is 202 g/mol. The van der Waals surface area contributed by atoms with E-state index in [9.17, 15) is 4.79 Å². The average Bonchev–Trinajstić information content (AvgIpc) is 2.31. The van der Waals surface area contributed by atoms with Gasteiger partial charge in [-0.05, 0) is 18.2 Å². The van der Waals surface area contributed by atoms with Gasteiger partial charge < -0.3 is 9.53 Å². The second-order valence-electron chi connectivity index (χ2n) is 3.07. The zero-order valence-electron chi connectivity index (χ0n) is 8.25. The minimum Gasteiger partial charge on any atom is -0.369 e. The molecule has 0 bridgehead atoms. The van der Waals surface area contributed by atoms with Crippen LogP contribution >= 0.6 is 0 Å². The van der Waals surface area contributed by atoms with Gasteiger partial charge in [-0.1, -0.05) is 0 Å². The highest BCUT2D eigenvalue weighted by molar-refractivity contribution is 5.82. The Morgan fingerprint density at radius 2 is 2.13 bits per heavy atom. The molecular weight excluding hydrogens is 192 g/mol. The monoisotopic (exact) mass is 202 g/mol. The Labute approximate surface area is 86.9 Å². The maximum atomic E-state index is 10.8. The summed E-state index contributed by atoms with van der Waals surface area (Å²) in [6, 6.07) is 5.46. The molecule has 0 spiro atoms. The second kappa shape index (κ2) is 4.14. The highest BCUT2D eigenvalue weighted by Crippen LogP contribution is 2.21. The molecule has 4 heteroatoms. The van der Waals surface area contributed by atoms with Gasteiger partial charge in [0.2, 0.25) is 0 Å². The van der Waals surface area contributed by atoms with Crippen LogP contribution in [0, 0.1) is 0 Å². The molecule has 0 saturated heterocycles. The van der Waals surface area contributed by atoms with Gasteiger partial charge >= 0.3 is 0 Å². The third kappa shape index (κ3) is 1.71. The van der Waals surface area contributed by atoms with Crippen molar-refractivity contribution in [2.24, 2.45) is 0 Å². The number of aromatic nitrogens is 2. The Kier molecular flexibility index (Phi) is 2.69. The number of hydrogen-bond donors (Lipinski definition) is 0. The van der Waals surface area contributed by atoms with Gasteiger partial charge in [0.1, 0.15) is 6.10 Å². The molecule has 0 aliphatic heterocycles. The molecule has 2 aromatic heterocycles. The van der Waals surface area contributed by atoms with Gasteiger partial charge in [-0.15, -0.1) is 0 Å². The molecule has 0 N–H and O–H groups in total. The van der Waals surface area contributed by atoms with Gasteiger partial charge in [-0.2, -0.15) is 0 Å². The van der Waals surface area contributed by atoms with Crippen molar-refractivity contribution in [2.75, 3.05) is 7.11 Å². The van der Waals surface area contributed by atoms with E-state index < -0.39 is 6.10 Å². The van der Waals surface area contributed by atoms with Gasteiger partial charge in [0.15, 0.2) is 11.9 Å². The third-order valence-corrected chi connectivity index (χ3v) is 2.23. The second-order valence-corrected chi connectivity index (χ2v) is 3.07. The minimum absolute atomic E-state index is 0.556.